The van der Waals surface area contributed by atoms with Crippen LogP contribution in [-0.4, -0.2) is 5.97 Å². The fraction of sp³-hybridized carbons (Fsp3) is 0.355. The second-order valence-corrected chi connectivity index (χ2v) is 8.87. The molecule has 0 radical (unpaired) electrons. The number of aryl methyl sites for hydroxylation is 2. The molecule has 34 heavy (non-hydrogen) atoms. The molecule has 0 fully saturated rings. The highest BCUT2D eigenvalue weighted by Crippen LogP contribution is 2.24. The molecule has 0 atom stereocenters. The molecule has 0 bridgehead atoms. The average Bonchev–Trinajstić information content (AvgIpc) is 2.88. The van der Waals surface area contributed by atoms with Gasteiger partial charge in [-0.1, -0.05) is 88.4 Å². The Bertz CT molecular complexity index is 1090. The Morgan fingerprint density at radius 2 is 1.32 bits per heavy atom. The number of carbonyl (C=O) groups is 1. The third-order valence-electron chi connectivity index (χ3n) is 6.16. The van der Waals surface area contributed by atoms with Gasteiger partial charge in [-0.15, -0.1) is 0 Å². The van der Waals surface area contributed by atoms with E-state index in [4.69, 9.17) is 4.74 Å². The van der Waals surface area contributed by atoms with Gasteiger partial charge in [0.25, 0.3) is 0 Å². The lowest BCUT2D eigenvalue weighted by atomic mass is 10.00. The smallest absolute Gasteiger partial charge is 0.343 e. The normalized spacial score (nSPS) is 10.6. The zero-order valence-electron chi connectivity index (χ0n) is 20.5. The minimum atomic E-state index is -0.456. The monoisotopic (exact) mass is 453 g/mol. The number of nitrogens with zero attached hydrogens (tertiary/aromatic N) is 1. The molecule has 0 unspecified atom stereocenters. The van der Waals surface area contributed by atoms with Crippen molar-refractivity contribution in [3.8, 4) is 22.9 Å². The van der Waals surface area contributed by atoms with Crippen LogP contribution in [0.4, 0.5) is 0 Å². The molecule has 0 heterocycles. The highest BCUT2D eigenvalue weighted by Gasteiger charge is 2.13. The molecule has 0 aliphatic heterocycles. The van der Waals surface area contributed by atoms with E-state index >= 15 is 0 Å². The minimum absolute atomic E-state index is 0.308. The lowest BCUT2D eigenvalue weighted by molar-refractivity contribution is 0.0734. The van der Waals surface area contributed by atoms with Gasteiger partial charge in [-0.05, 0) is 72.2 Å². The molecular weight excluding hydrogens is 418 g/mol. The molecular formula is C31H35NO2. The van der Waals surface area contributed by atoms with E-state index in [1.165, 1.54) is 37.7 Å². The Labute approximate surface area is 204 Å². The van der Waals surface area contributed by atoms with Gasteiger partial charge in [-0.25, -0.2) is 4.79 Å². The Morgan fingerprint density at radius 1 is 0.735 bits per heavy atom. The molecule has 0 amide bonds. The highest BCUT2D eigenvalue weighted by atomic mass is 16.5. The first-order chi connectivity index (χ1) is 16.6. The van der Waals surface area contributed by atoms with Gasteiger partial charge in [-0.3, -0.25) is 0 Å². The Morgan fingerprint density at radius 3 is 1.97 bits per heavy atom. The molecule has 0 aliphatic carbocycles. The van der Waals surface area contributed by atoms with Crippen LogP contribution < -0.4 is 4.74 Å². The fourth-order valence-corrected chi connectivity index (χ4v) is 4.04. The number of rotatable bonds is 12. The summed E-state index contributed by atoms with van der Waals surface area (Å²) < 4.78 is 5.54. The van der Waals surface area contributed by atoms with Crippen LogP contribution >= 0.6 is 0 Å². The van der Waals surface area contributed by atoms with Crippen molar-refractivity contribution in [1.29, 1.82) is 5.26 Å². The number of nitriles is 1. The van der Waals surface area contributed by atoms with Crippen LogP contribution in [0.3, 0.4) is 0 Å². The molecule has 0 aromatic heterocycles. The molecule has 3 aromatic carbocycles. The molecule has 0 saturated heterocycles. The maximum atomic E-state index is 12.7. The topological polar surface area (TPSA) is 50.1 Å². The van der Waals surface area contributed by atoms with E-state index < -0.39 is 5.97 Å². The molecule has 3 aromatic rings. The van der Waals surface area contributed by atoms with Crippen LogP contribution in [0, 0.1) is 11.3 Å². The van der Waals surface area contributed by atoms with Crippen LogP contribution in [0.25, 0.3) is 11.1 Å². The van der Waals surface area contributed by atoms with E-state index in [1.54, 1.807) is 18.2 Å². The van der Waals surface area contributed by atoms with Gasteiger partial charge in [0.2, 0.25) is 0 Å². The van der Waals surface area contributed by atoms with Crippen molar-refractivity contribution in [3.05, 3.63) is 89.0 Å². The van der Waals surface area contributed by atoms with Gasteiger partial charge < -0.3 is 4.74 Å². The number of benzene rings is 3. The number of esters is 1. The van der Waals surface area contributed by atoms with Gasteiger partial charge in [0, 0.05) is 0 Å². The predicted octanol–water partition coefficient (Wildman–Crippen LogP) is 8.30. The van der Waals surface area contributed by atoms with E-state index in [1.807, 2.05) is 24.3 Å². The van der Waals surface area contributed by atoms with Gasteiger partial charge in [0.1, 0.15) is 11.8 Å². The Hall–Kier alpha value is -3.38. The number of carbonyl (C=O) groups excluding carboxylic acids is 1. The predicted molar refractivity (Wildman–Crippen MR) is 139 cm³/mol. The summed E-state index contributed by atoms with van der Waals surface area (Å²) in [6.45, 7) is 4.38. The van der Waals surface area contributed by atoms with Crippen LogP contribution in [0.2, 0.25) is 0 Å². The van der Waals surface area contributed by atoms with Crippen LogP contribution in [-0.2, 0) is 12.8 Å². The zero-order valence-corrected chi connectivity index (χ0v) is 20.5. The maximum absolute atomic E-state index is 12.7. The maximum Gasteiger partial charge on any atom is 0.343 e. The van der Waals surface area contributed by atoms with Crippen molar-refractivity contribution in [2.75, 3.05) is 0 Å². The van der Waals surface area contributed by atoms with Crippen molar-refractivity contribution in [3.63, 3.8) is 0 Å². The number of ether oxygens (including phenoxy) is 1. The zero-order chi connectivity index (χ0) is 24.2. The van der Waals surface area contributed by atoms with E-state index in [0.29, 0.717) is 16.9 Å². The van der Waals surface area contributed by atoms with Crippen molar-refractivity contribution in [2.24, 2.45) is 0 Å². The SMILES string of the molecule is CCCCCCCc1ccc(-c2ccc(C(=O)Oc3ccc(CCCC)cc3C#N)cc2)cc1. The summed E-state index contributed by atoms with van der Waals surface area (Å²) >= 11 is 0. The first kappa shape index (κ1) is 25.2. The molecule has 0 saturated carbocycles. The molecule has 0 N–H and O–H groups in total. The van der Waals surface area contributed by atoms with Gasteiger partial charge in [0.05, 0.1) is 11.1 Å². The first-order valence-electron chi connectivity index (χ1n) is 12.6. The van der Waals surface area contributed by atoms with E-state index in [0.717, 1.165) is 42.4 Å². The third kappa shape index (κ3) is 7.32. The number of unbranched alkanes of at least 4 members (excludes halogenated alkanes) is 5. The number of hydrogen-bond acceptors (Lipinski definition) is 3. The first-order valence-corrected chi connectivity index (χ1v) is 12.6. The van der Waals surface area contributed by atoms with E-state index in [9.17, 15) is 10.1 Å². The summed E-state index contributed by atoms with van der Waals surface area (Å²) in [5.74, 6) is -0.148. The number of hydrogen-bond donors (Lipinski definition) is 0. The quantitative estimate of drug-likeness (QED) is 0.157. The largest absolute Gasteiger partial charge is 0.422 e. The van der Waals surface area contributed by atoms with Gasteiger partial charge in [-0.2, -0.15) is 5.26 Å². The second-order valence-electron chi connectivity index (χ2n) is 8.87. The summed E-state index contributed by atoms with van der Waals surface area (Å²) in [5, 5.41) is 9.47. The van der Waals surface area contributed by atoms with E-state index in [2.05, 4.69) is 44.2 Å². The molecule has 3 nitrogen and oxygen atoms in total. The fourth-order valence-electron chi connectivity index (χ4n) is 4.04. The Kier molecular flexibility index (Phi) is 9.92. The third-order valence-corrected chi connectivity index (χ3v) is 6.16. The van der Waals surface area contributed by atoms with Crippen molar-refractivity contribution in [2.45, 2.75) is 71.6 Å². The van der Waals surface area contributed by atoms with Crippen molar-refractivity contribution < 1.29 is 9.53 Å². The standard InChI is InChI=1S/C31H35NO2/c1-3-5-7-8-9-11-24-12-15-26(16-13-24)27-17-19-28(20-18-27)31(33)34-30-21-14-25(10-6-4-2)22-29(30)23-32/h12-22H,3-11H2,1-2H3. The van der Waals surface area contributed by atoms with Crippen LogP contribution in [0.1, 0.15) is 85.8 Å². The molecule has 0 spiro atoms. The van der Waals surface area contributed by atoms with Crippen LogP contribution in [0.5, 0.6) is 5.75 Å². The summed E-state index contributed by atoms with van der Waals surface area (Å²) in [5.41, 5.74) is 5.50. The van der Waals surface area contributed by atoms with Crippen LogP contribution in [0.15, 0.2) is 66.7 Å². The highest BCUT2D eigenvalue weighted by molar-refractivity contribution is 5.92. The minimum Gasteiger partial charge on any atom is -0.422 e. The summed E-state index contributed by atoms with van der Waals surface area (Å²) in [6, 6.07) is 23.7. The van der Waals surface area contributed by atoms with E-state index in [-0.39, 0.29) is 0 Å². The van der Waals surface area contributed by atoms with Gasteiger partial charge in [0.15, 0.2) is 0 Å². The second kappa shape index (κ2) is 13.4. The summed E-state index contributed by atoms with van der Waals surface area (Å²) in [6.07, 6.45) is 10.7. The molecule has 3 heteroatoms. The molecule has 3 rings (SSSR count). The lowest BCUT2D eigenvalue weighted by Gasteiger charge is -2.09. The molecule has 176 valence electrons. The van der Waals surface area contributed by atoms with Gasteiger partial charge >= 0.3 is 5.97 Å². The van der Waals surface area contributed by atoms with Crippen molar-refractivity contribution >= 4 is 5.97 Å². The van der Waals surface area contributed by atoms with Crippen molar-refractivity contribution in [1.82, 2.24) is 0 Å². The average molecular weight is 454 g/mol. The Balaban J connectivity index is 1.60. The lowest BCUT2D eigenvalue weighted by Crippen LogP contribution is -2.09. The molecule has 0 aliphatic rings. The summed E-state index contributed by atoms with van der Waals surface area (Å²) in [4.78, 5) is 12.7. The summed E-state index contributed by atoms with van der Waals surface area (Å²) in [7, 11) is 0.